The van der Waals surface area contributed by atoms with Crippen LogP contribution >= 0.6 is 11.3 Å². The molecule has 152 valence electrons. The van der Waals surface area contributed by atoms with Gasteiger partial charge in [0.05, 0.1) is 10.3 Å². The minimum absolute atomic E-state index is 0.000734. The van der Waals surface area contributed by atoms with Crippen LogP contribution in [0.2, 0.25) is 0 Å². The maximum Gasteiger partial charge on any atom is 0.261 e. The van der Waals surface area contributed by atoms with Gasteiger partial charge < -0.3 is 5.32 Å². The fraction of sp³-hybridized carbons (Fsp3) is 0.143. The second-order valence-corrected chi connectivity index (χ2v) is 9.79. The van der Waals surface area contributed by atoms with Crippen LogP contribution in [0, 0.1) is 5.82 Å². The highest BCUT2D eigenvalue weighted by Gasteiger charge is 2.21. The average molecular weight is 441 g/mol. The Hall–Kier alpha value is -3.04. The Labute approximate surface area is 176 Å². The number of sulfonamides is 1. The Bertz CT molecular complexity index is 1330. The first-order chi connectivity index (χ1) is 14.5. The number of anilines is 3. The quantitative estimate of drug-likeness (QED) is 0.463. The molecular weight excluding hydrogens is 423 g/mol. The van der Waals surface area contributed by atoms with Gasteiger partial charge in [-0.1, -0.05) is 0 Å². The van der Waals surface area contributed by atoms with E-state index in [-0.39, 0.29) is 4.90 Å². The number of benzene rings is 2. The Balaban J connectivity index is 1.37. The van der Waals surface area contributed by atoms with Gasteiger partial charge in [0.1, 0.15) is 22.8 Å². The molecule has 0 spiro atoms. The molecule has 2 N–H and O–H groups in total. The van der Waals surface area contributed by atoms with Crippen LogP contribution < -0.4 is 10.0 Å². The van der Waals surface area contributed by atoms with Crippen molar-refractivity contribution in [2.75, 3.05) is 10.0 Å². The van der Waals surface area contributed by atoms with Crippen molar-refractivity contribution >= 4 is 48.8 Å². The van der Waals surface area contributed by atoms with Gasteiger partial charge in [-0.3, -0.25) is 4.72 Å². The Kier molecular flexibility index (Phi) is 4.63. The zero-order valence-electron chi connectivity index (χ0n) is 15.7. The highest BCUT2D eigenvalue weighted by molar-refractivity contribution is 7.92. The summed E-state index contributed by atoms with van der Waals surface area (Å²) in [5, 5.41) is 4.41. The van der Waals surface area contributed by atoms with E-state index >= 15 is 0 Å². The number of aryl methyl sites for hydroxylation is 2. The number of thiophene rings is 1. The molecule has 0 saturated heterocycles. The van der Waals surface area contributed by atoms with Crippen LogP contribution in [0.4, 0.5) is 21.6 Å². The molecule has 0 saturated carbocycles. The average Bonchev–Trinajstić information content (AvgIpc) is 3.31. The van der Waals surface area contributed by atoms with Crippen LogP contribution in [0.1, 0.15) is 16.9 Å². The van der Waals surface area contributed by atoms with Gasteiger partial charge in [0.15, 0.2) is 0 Å². The maximum absolute atomic E-state index is 13.0. The van der Waals surface area contributed by atoms with Crippen LogP contribution in [-0.4, -0.2) is 18.4 Å². The molecule has 0 unspecified atom stereocenters. The molecule has 1 aliphatic rings. The van der Waals surface area contributed by atoms with E-state index in [4.69, 9.17) is 0 Å². The summed E-state index contributed by atoms with van der Waals surface area (Å²) in [5.41, 5.74) is 2.54. The SMILES string of the molecule is O=S(=O)(Nc1ccc(Nc2ncnc3sc4c(c23)CCC4)cc1)c1ccc(F)cc1. The van der Waals surface area contributed by atoms with Crippen molar-refractivity contribution in [2.24, 2.45) is 0 Å². The lowest BCUT2D eigenvalue weighted by Gasteiger charge is -2.11. The number of fused-ring (bicyclic) bond motifs is 3. The molecule has 2 aromatic carbocycles. The number of aromatic nitrogens is 2. The number of nitrogens with one attached hydrogen (secondary N) is 2. The van der Waals surface area contributed by atoms with Crippen molar-refractivity contribution in [1.82, 2.24) is 9.97 Å². The zero-order valence-corrected chi connectivity index (χ0v) is 17.4. The molecule has 6 nitrogen and oxygen atoms in total. The molecule has 9 heteroatoms. The highest BCUT2D eigenvalue weighted by atomic mass is 32.2. The minimum atomic E-state index is -3.79. The van der Waals surface area contributed by atoms with Crippen LogP contribution in [0.25, 0.3) is 10.2 Å². The minimum Gasteiger partial charge on any atom is -0.340 e. The summed E-state index contributed by atoms with van der Waals surface area (Å²) in [7, 11) is -3.79. The Morgan fingerprint density at radius 1 is 0.933 bits per heavy atom. The Morgan fingerprint density at radius 2 is 1.67 bits per heavy atom. The summed E-state index contributed by atoms with van der Waals surface area (Å²) in [4.78, 5) is 11.2. The lowest BCUT2D eigenvalue weighted by Crippen LogP contribution is -2.12. The van der Waals surface area contributed by atoms with Crippen molar-refractivity contribution in [3.63, 3.8) is 0 Å². The monoisotopic (exact) mass is 440 g/mol. The normalized spacial score (nSPS) is 13.4. The van der Waals surface area contributed by atoms with Gasteiger partial charge >= 0.3 is 0 Å². The molecule has 2 heterocycles. The summed E-state index contributed by atoms with van der Waals surface area (Å²) < 4.78 is 40.4. The van der Waals surface area contributed by atoms with Crippen LogP contribution in [-0.2, 0) is 22.9 Å². The fourth-order valence-electron chi connectivity index (χ4n) is 3.61. The van der Waals surface area contributed by atoms with Crippen molar-refractivity contribution in [2.45, 2.75) is 24.2 Å². The first-order valence-electron chi connectivity index (χ1n) is 9.40. The molecule has 0 radical (unpaired) electrons. The van der Waals surface area contributed by atoms with Gasteiger partial charge in [0.25, 0.3) is 10.0 Å². The predicted molar refractivity (Wildman–Crippen MR) is 116 cm³/mol. The summed E-state index contributed by atoms with van der Waals surface area (Å²) in [6.07, 6.45) is 4.86. The maximum atomic E-state index is 13.0. The smallest absolute Gasteiger partial charge is 0.261 e. The van der Waals surface area contributed by atoms with Gasteiger partial charge in [-0.2, -0.15) is 0 Å². The third kappa shape index (κ3) is 3.50. The lowest BCUT2D eigenvalue weighted by molar-refractivity contribution is 0.599. The number of hydrogen-bond acceptors (Lipinski definition) is 6. The fourth-order valence-corrected chi connectivity index (χ4v) is 5.90. The largest absolute Gasteiger partial charge is 0.340 e. The predicted octanol–water partition coefficient (Wildman–Crippen LogP) is 4.86. The van der Waals surface area contributed by atoms with E-state index in [1.807, 2.05) is 0 Å². The van der Waals surface area contributed by atoms with E-state index in [2.05, 4.69) is 20.0 Å². The molecule has 30 heavy (non-hydrogen) atoms. The van der Waals surface area contributed by atoms with E-state index in [1.54, 1.807) is 41.9 Å². The van der Waals surface area contributed by atoms with Gasteiger partial charge in [0.2, 0.25) is 0 Å². The van der Waals surface area contributed by atoms with E-state index < -0.39 is 15.8 Å². The lowest BCUT2D eigenvalue weighted by atomic mass is 10.2. The summed E-state index contributed by atoms with van der Waals surface area (Å²) in [6, 6.07) is 11.6. The molecular formula is C21H17FN4O2S2. The van der Waals surface area contributed by atoms with Gasteiger partial charge in [-0.25, -0.2) is 22.8 Å². The van der Waals surface area contributed by atoms with Crippen molar-refractivity contribution in [3.05, 3.63) is 71.1 Å². The number of hydrogen-bond donors (Lipinski definition) is 2. The topological polar surface area (TPSA) is 84.0 Å². The molecule has 4 aromatic rings. The molecule has 0 amide bonds. The molecule has 1 aliphatic carbocycles. The van der Waals surface area contributed by atoms with Gasteiger partial charge in [0, 0.05) is 16.3 Å². The first-order valence-corrected chi connectivity index (χ1v) is 11.7. The molecule has 5 rings (SSSR count). The third-order valence-corrected chi connectivity index (χ3v) is 7.62. The van der Waals surface area contributed by atoms with Crippen LogP contribution in [0.5, 0.6) is 0 Å². The molecule has 0 fully saturated rings. The first kappa shape index (κ1) is 19.0. The second-order valence-electron chi connectivity index (χ2n) is 7.02. The number of halogens is 1. The zero-order chi connectivity index (χ0) is 20.7. The molecule has 0 aliphatic heterocycles. The van der Waals surface area contributed by atoms with E-state index in [0.717, 1.165) is 53.1 Å². The molecule has 0 bridgehead atoms. The molecule has 0 atom stereocenters. The number of nitrogens with zero attached hydrogens (tertiary/aromatic N) is 2. The highest BCUT2D eigenvalue weighted by Crippen LogP contribution is 2.39. The summed E-state index contributed by atoms with van der Waals surface area (Å²) in [6.45, 7) is 0. The summed E-state index contributed by atoms with van der Waals surface area (Å²) in [5.74, 6) is 0.276. The Morgan fingerprint density at radius 3 is 2.43 bits per heavy atom. The van der Waals surface area contributed by atoms with Gasteiger partial charge in [-0.15, -0.1) is 11.3 Å². The van der Waals surface area contributed by atoms with Crippen LogP contribution in [0.15, 0.2) is 59.8 Å². The van der Waals surface area contributed by atoms with Crippen molar-refractivity contribution < 1.29 is 12.8 Å². The second kappa shape index (κ2) is 7.33. The summed E-state index contributed by atoms with van der Waals surface area (Å²) >= 11 is 1.73. The van der Waals surface area contributed by atoms with Crippen LogP contribution in [0.3, 0.4) is 0 Å². The standard InChI is InChI=1S/C21H17FN4O2S2/c22-13-4-10-16(11-5-13)30(27,28)26-15-8-6-14(7-9-15)25-20-19-17-2-1-3-18(17)29-21(19)24-12-23-20/h4-12,26H,1-3H2,(H,23,24,25). The van der Waals surface area contributed by atoms with E-state index in [9.17, 15) is 12.8 Å². The van der Waals surface area contributed by atoms with E-state index in [1.165, 1.54) is 22.6 Å². The molecule has 2 aromatic heterocycles. The third-order valence-electron chi connectivity index (χ3n) is 5.03. The van der Waals surface area contributed by atoms with Gasteiger partial charge in [-0.05, 0) is 73.4 Å². The van der Waals surface area contributed by atoms with Crippen molar-refractivity contribution in [1.29, 1.82) is 0 Å². The van der Waals surface area contributed by atoms with E-state index in [0.29, 0.717) is 5.69 Å². The van der Waals surface area contributed by atoms with Crippen molar-refractivity contribution in [3.8, 4) is 0 Å². The number of rotatable bonds is 5.